The Bertz CT molecular complexity index is 1090. The van der Waals surface area contributed by atoms with Gasteiger partial charge in [0.2, 0.25) is 0 Å². The number of hydrogen-bond donors (Lipinski definition) is 1. The van der Waals surface area contributed by atoms with E-state index in [0.29, 0.717) is 6.01 Å². The van der Waals surface area contributed by atoms with Crippen LogP contribution in [0.1, 0.15) is 32.1 Å². The Balaban J connectivity index is 1.39. The molecule has 4 heteroatoms. The molecule has 1 aliphatic rings. The molecule has 0 unspecified atom stereocenters. The topological polar surface area (TPSA) is 43.0 Å². The van der Waals surface area contributed by atoms with Gasteiger partial charge in [0.25, 0.3) is 6.01 Å². The van der Waals surface area contributed by atoms with Gasteiger partial charge >= 0.3 is 0 Å². The van der Waals surface area contributed by atoms with Crippen molar-refractivity contribution in [3.63, 3.8) is 0 Å². The molecule has 0 atom stereocenters. The second kappa shape index (κ2) is 6.76. The molecule has 2 aromatic carbocycles. The van der Waals surface area contributed by atoms with Crippen LogP contribution in [0.2, 0.25) is 0 Å². The predicted molar refractivity (Wildman–Crippen MR) is 111 cm³/mol. The number of hydrogen-bond acceptors (Lipinski definition) is 3. The van der Waals surface area contributed by atoms with Crippen LogP contribution in [0.3, 0.4) is 0 Å². The first-order chi connectivity index (χ1) is 13.3. The van der Waals surface area contributed by atoms with Crippen molar-refractivity contribution in [2.24, 2.45) is 13.0 Å². The molecule has 138 valence electrons. The van der Waals surface area contributed by atoms with Gasteiger partial charge in [0, 0.05) is 30.7 Å². The van der Waals surface area contributed by atoms with Gasteiger partial charge in [0.15, 0.2) is 5.58 Å². The van der Waals surface area contributed by atoms with E-state index in [9.17, 15) is 0 Å². The van der Waals surface area contributed by atoms with Crippen LogP contribution in [0.5, 0.6) is 0 Å². The maximum Gasteiger partial charge on any atom is 0.295 e. The van der Waals surface area contributed by atoms with E-state index in [2.05, 4.69) is 64.5 Å². The van der Waals surface area contributed by atoms with Crippen molar-refractivity contribution in [2.75, 3.05) is 11.9 Å². The van der Waals surface area contributed by atoms with Gasteiger partial charge < -0.3 is 14.3 Å². The predicted octanol–water partition coefficient (Wildman–Crippen LogP) is 5.98. The third kappa shape index (κ3) is 3.20. The molecule has 0 bridgehead atoms. The summed E-state index contributed by atoms with van der Waals surface area (Å²) in [7, 11) is 2.07. The number of nitrogens with one attached hydrogen (secondary N) is 1. The van der Waals surface area contributed by atoms with Crippen LogP contribution in [0.4, 0.5) is 6.01 Å². The lowest BCUT2D eigenvalue weighted by atomic mass is 9.89. The zero-order valence-electron chi connectivity index (χ0n) is 15.7. The summed E-state index contributed by atoms with van der Waals surface area (Å²) < 4.78 is 8.04. The van der Waals surface area contributed by atoms with Crippen molar-refractivity contribution in [1.82, 2.24) is 9.55 Å². The fraction of sp³-hybridized carbons (Fsp3) is 0.348. The van der Waals surface area contributed by atoms with Crippen LogP contribution in [0, 0.1) is 5.92 Å². The summed E-state index contributed by atoms with van der Waals surface area (Å²) in [5.41, 5.74) is 5.36. The number of fused-ring (bicyclic) bond motifs is 2. The summed E-state index contributed by atoms with van der Waals surface area (Å²) in [4.78, 5) is 4.67. The standard InChI is InChI=1S/C23H25N3O/c1-26-12-11-19-13-17(7-9-21(19)26)18-8-10-22-20(14-18)25-23(27-22)24-15-16-5-3-2-4-6-16/h7-14,16H,2-6,15H2,1H3,(H,24,25). The molecular formula is C23H25N3O. The van der Waals surface area contributed by atoms with Crippen LogP contribution in [0.15, 0.2) is 53.1 Å². The minimum atomic E-state index is 0.645. The van der Waals surface area contributed by atoms with E-state index in [-0.39, 0.29) is 0 Å². The zero-order valence-corrected chi connectivity index (χ0v) is 15.7. The first-order valence-corrected chi connectivity index (χ1v) is 9.96. The van der Waals surface area contributed by atoms with E-state index >= 15 is 0 Å². The van der Waals surface area contributed by atoms with Crippen molar-refractivity contribution in [1.29, 1.82) is 0 Å². The molecule has 0 radical (unpaired) electrons. The van der Waals surface area contributed by atoms with E-state index in [1.165, 1.54) is 54.1 Å². The third-order valence-corrected chi connectivity index (χ3v) is 5.87. The van der Waals surface area contributed by atoms with Gasteiger partial charge in [-0.2, -0.15) is 4.98 Å². The Kier molecular flexibility index (Phi) is 4.12. The van der Waals surface area contributed by atoms with Crippen LogP contribution >= 0.6 is 0 Å². The van der Waals surface area contributed by atoms with Crippen LogP contribution in [0.25, 0.3) is 33.1 Å². The molecule has 0 saturated heterocycles. The summed E-state index contributed by atoms with van der Waals surface area (Å²) in [6, 6.07) is 15.6. The van der Waals surface area contributed by atoms with E-state index in [1.54, 1.807) is 0 Å². The zero-order chi connectivity index (χ0) is 18.2. The van der Waals surface area contributed by atoms with E-state index < -0.39 is 0 Å². The van der Waals surface area contributed by atoms with Gasteiger partial charge in [-0.1, -0.05) is 31.4 Å². The highest BCUT2D eigenvalue weighted by Gasteiger charge is 2.14. The molecule has 5 rings (SSSR count). The van der Waals surface area contributed by atoms with Gasteiger partial charge in [-0.15, -0.1) is 0 Å². The quantitative estimate of drug-likeness (QED) is 0.487. The van der Waals surface area contributed by atoms with Gasteiger partial charge in [0.05, 0.1) is 0 Å². The average molecular weight is 359 g/mol. The molecule has 0 amide bonds. The largest absolute Gasteiger partial charge is 0.424 e. The molecule has 4 aromatic rings. The first-order valence-electron chi connectivity index (χ1n) is 9.96. The highest BCUT2D eigenvalue weighted by molar-refractivity contribution is 5.88. The third-order valence-electron chi connectivity index (χ3n) is 5.87. The van der Waals surface area contributed by atoms with Crippen molar-refractivity contribution in [2.45, 2.75) is 32.1 Å². The minimum Gasteiger partial charge on any atom is -0.424 e. The Morgan fingerprint density at radius 1 is 1.04 bits per heavy atom. The number of anilines is 1. The smallest absolute Gasteiger partial charge is 0.295 e. The van der Waals surface area contributed by atoms with Crippen LogP contribution < -0.4 is 5.32 Å². The van der Waals surface area contributed by atoms with E-state index in [4.69, 9.17) is 4.42 Å². The highest BCUT2D eigenvalue weighted by atomic mass is 16.4. The van der Waals surface area contributed by atoms with Gasteiger partial charge in [0.1, 0.15) is 5.52 Å². The lowest BCUT2D eigenvalue weighted by molar-refractivity contribution is 0.371. The molecule has 1 N–H and O–H groups in total. The van der Waals surface area contributed by atoms with Gasteiger partial charge in [-0.25, -0.2) is 0 Å². The lowest BCUT2D eigenvalue weighted by Gasteiger charge is -2.21. The fourth-order valence-electron chi connectivity index (χ4n) is 4.27. The molecule has 1 saturated carbocycles. The number of nitrogens with zero attached hydrogens (tertiary/aromatic N) is 2. The fourth-order valence-corrected chi connectivity index (χ4v) is 4.27. The number of benzene rings is 2. The molecule has 1 fully saturated rings. The molecule has 27 heavy (non-hydrogen) atoms. The lowest BCUT2D eigenvalue weighted by Crippen LogP contribution is -2.17. The molecule has 2 heterocycles. The maximum absolute atomic E-state index is 5.90. The minimum absolute atomic E-state index is 0.645. The number of rotatable bonds is 4. The Morgan fingerprint density at radius 3 is 2.74 bits per heavy atom. The summed E-state index contributed by atoms with van der Waals surface area (Å²) in [5, 5.41) is 4.66. The molecule has 0 spiro atoms. The summed E-state index contributed by atoms with van der Waals surface area (Å²) in [5.74, 6) is 0.752. The summed E-state index contributed by atoms with van der Waals surface area (Å²) >= 11 is 0. The van der Waals surface area contributed by atoms with Crippen molar-refractivity contribution >= 4 is 28.0 Å². The van der Waals surface area contributed by atoms with Crippen LogP contribution in [-0.2, 0) is 7.05 Å². The highest BCUT2D eigenvalue weighted by Crippen LogP contribution is 2.29. The Labute approximate surface area is 159 Å². The second-order valence-electron chi connectivity index (χ2n) is 7.79. The molecular weight excluding hydrogens is 334 g/mol. The number of aromatic nitrogens is 2. The first kappa shape index (κ1) is 16.4. The van der Waals surface area contributed by atoms with Crippen molar-refractivity contribution < 1.29 is 4.42 Å². The second-order valence-corrected chi connectivity index (χ2v) is 7.79. The SMILES string of the molecule is Cn1ccc2cc(-c3ccc4oc(NCC5CCCCC5)nc4c3)ccc21. The Hall–Kier alpha value is -2.75. The van der Waals surface area contributed by atoms with E-state index in [1.807, 2.05) is 6.07 Å². The summed E-state index contributed by atoms with van der Waals surface area (Å²) in [6.45, 7) is 0.963. The van der Waals surface area contributed by atoms with Gasteiger partial charge in [-0.3, -0.25) is 0 Å². The normalized spacial score (nSPS) is 15.6. The number of aryl methyl sites for hydroxylation is 1. The molecule has 2 aromatic heterocycles. The van der Waals surface area contributed by atoms with Crippen molar-refractivity contribution in [3.8, 4) is 11.1 Å². The average Bonchev–Trinajstić information content (AvgIpc) is 3.29. The molecule has 0 aliphatic heterocycles. The van der Waals surface area contributed by atoms with Crippen LogP contribution in [-0.4, -0.2) is 16.1 Å². The molecule has 4 nitrogen and oxygen atoms in total. The Morgan fingerprint density at radius 2 is 1.85 bits per heavy atom. The van der Waals surface area contributed by atoms with E-state index in [0.717, 1.165) is 23.6 Å². The molecule has 1 aliphatic carbocycles. The summed E-state index contributed by atoms with van der Waals surface area (Å²) in [6.07, 6.45) is 8.83. The van der Waals surface area contributed by atoms with Crippen molar-refractivity contribution in [3.05, 3.63) is 48.7 Å². The monoisotopic (exact) mass is 359 g/mol. The van der Waals surface area contributed by atoms with Gasteiger partial charge in [-0.05, 0) is 60.2 Å². The maximum atomic E-state index is 5.90. The number of oxazole rings is 1.